The average Bonchev–Trinajstić information content (AvgIpc) is 3.59. The second kappa shape index (κ2) is 22.0. The minimum absolute atomic E-state index is 0.0138. The molecule has 0 spiro atoms. The first kappa shape index (κ1) is 47.9. The van der Waals surface area contributed by atoms with E-state index in [1.807, 2.05) is 29.2 Å². The number of hydrogen-bond acceptors (Lipinski definition) is 17. The Morgan fingerprint density at radius 3 is 2.10 bits per heavy atom. The van der Waals surface area contributed by atoms with Crippen LogP contribution < -0.4 is 26.0 Å². The van der Waals surface area contributed by atoms with E-state index in [1.54, 1.807) is 42.5 Å². The van der Waals surface area contributed by atoms with Crippen LogP contribution in [0, 0.1) is 6.92 Å². The summed E-state index contributed by atoms with van der Waals surface area (Å²) in [4.78, 5) is 71.7. The molecule has 6 heterocycles. The highest BCUT2D eigenvalue weighted by molar-refractivity contribution is 7.91. The fourth-order valence-corrected chi connectivity index (χ4v) is 9.83. The molecule has 8 rings (SSSR count). The lowest BCUT2D eigenvalue weighted by molar-refractivity contribution is -0.132. The second-order valence-electron chi connectivity index (χ2n) is 17.1. The van der Waals surface area contributed by atoms with Gasteiger partial charge in [-0.15, -0.1) is 0 Å². The number of Topliss-reactive ketones (excluding diaryl/α,β-unsaturated/α-hetero) is 1. The van der Waals surface area contributed by atoms with Gasteiger partial charge in [-0.1, -0.05) is 6.07 Å². The van der Waals surface area contributed by atoms with E-state index in [9.17, 15) is 22.8 Å². The number of sulfone groups is 1. The quantitative estimate of drug-likeness (QED) is 0.101. The number of carbonyl (C=O) groups is 3. The van der Waals surface area contributed by atoms with E-state index in [2.05, 4.69) is 39.6 Å². The number of ketones is 1. The summed E-state index contributed by atoms with van der Waals surface area (Å²) in [6, 6.07) is 14.0. The van der Waals surface area contributed by atoms with Crippen molar-refractivity contribution in [3.05, 3.63) is 107 Å². The maximum atomic E-state index is 13.8. The first-order valence-corrected chi connectivity index (χ1v) is 24.6. The summed E-state index contributed by atoms with van der Waals surface area (Å²) >= 11 is 0. The number of amides is 2. The van der Waals surface area contributed by atoms with Crippen LogP contribution >= 0.6 is 0 Å². The second-order valence-corrected chi connectivity index (χ2v) is 19.2. The van der Waals surface area contributed by atoms with E-state index in [1.165, 1.54) is 24.5 Å². The summed E-state index contributed by atoms with van der Waals surface area (Å²) in [6.07, 6.45) is 8.65. The standard InChI is InChI=1S/C48H58N12O7S/c1-34-25-40(6-7-41(34)46(63)60-20-23-67-43-8-4-36(26-38(43)33-60)37-5-9-44(50)51-30-37)68(64,65)24-2-3-42(61)39-31-54-48(55-32-39)58-13-11-56(12-14-58)19-22-66-21-10-45(62)57-15-17-59(18-16-57)47-52-28-35(27-49)29-53-47/h4-9,25-26,28-32H,2-3,10-24,27,33,49H2,1H3,(H2,50,51). The molecule has 0 radical (unpaired) electrons. The fraction of sp³-hybridized carbons (Fsp3) is 0.417. The van der Waals surface area contributed by atoms with Gasteiger partial charge in [-0.3, -0.25) is 19.3 Å². The van der Waals surface area contributed by atoms with Gasteiger partial charge in [0.25, 0.3) is 5.91 Å². The minimum Gasteiger partial charge on any atom is -0.491 e. The first-order chi connectivity index (χ1) is 32.9. The van der Waals surface area contributed by atoms with Gasteiger partial charge in [-0.25, -0.2) is 33.3 Å². The lowest BCUT2D eigenvalue weighted by atomic mass is 10.0. The summed E-state index contributed by atoms with van der Waals surface area (Å²) < 4.78 is 38.6. The Balaban J connectivity index is 0.726. The zero-order valence-corrected chi connectivity index (χ0v) is 39.1. The SMILES string of the molecule is Cc1cc(S(=O)(=O)CCCC(=O)c2cnc(N3CCN(CCOCCC(=O)N4CCN(c5ncc(CN)cn5)CC4)CC3)nc2)ccc1C(=O)N1CCOc2ccc(-c3ccc(N)nc3)cc2C1. The van der Waals surface area contributed by atoms with Crippen LogP contribution in [0.3, 0.4) is 0 Å². The van der Waals surface area contributed by atoms with Gasteiger partial charge < -0.3 is 40.5 Å². The normalized spacial score (nSPS) is 15.7. The van der Waals surface area contributed by atoms with E-state index >= 15 is 0 Å². The molecule has 68 heavy (non-hydrogen) atoms. The maximum Gasteiger partial charge on any atom is 0.254 e. The van der Waals surface area contributed by atoms with Gasteiger partial charge in [0.1, 0.15) is 18.2 Å². The molecule has 0 aliphatic carbocycles. The van der Waals surface area contributed by atoms with Crippen molar-refractivity contribution in [2.45, 2.75) is 44.2 Å². The van der Waals surface area contributed by atoms with Crippen molar-refractivity contribution in [2.75, 3.05) is 107 Å². The minimum atomic E-state index is -3.74. The zero-order valence-electron chi connectivity index (χ0n) is 38.3. The maximum absolute atomic E-state index is 13.8. The number of ether oxygens (including phenoxy) is 2. The van der Waals surface area contributed by atoms with Crippen LogP contribution in [0.15, 0.2) is 84.4 Å². The van der Waals surface area contributed by atoms with Gasteiger partial charge in [0.2, 0.25) is 17.8 Å². The largest absolute Gasteiger partial charge is 0.491 e. The van der Waals surface area contributed by atoms with Crippen molar-refractivity contribution < 1.29 is 32.3 Å². The predicted molar refractivity (Wildman–Crippen MR) is 256 cm³/mol. The predicted octanol–water partition coefficient (Wildman–Crippen LogP) is 3.03. The molecule has 5 aromatic rings. The van der Waals surface area contributed by atoms with Crippen LogP contribution in [0.25, 0.3) is 11.1 Å². The van der Waals surface area contributed by atoms with Crippen molar-refractivity contribution in [1.82, 2.24) is 39.6 Å². The third-order valence-electron chi connectivity index (χ3n) is 12.5. The Labute approximate surface area is 396 Å². The van der Waals surface area contributed by atoms with Crippen LogP contribution in [0.2, 0.25) is 0 Å². The van der Waals surface area contributed by atoms with Gasteiger partial charge in [0, 0.05) is 132 Å². The number of aromatic nitrogens is 5. The van der Waals surface area contributed by atoms with Gasteiger partial charge >= 0.3 is 0 Å². The highest BCUT2D eigenvalue weighted by Crippen LogP contribution is 2.30. The Kier molecular flexibility index (Phi) is 15.5. The summed E-state index contributed by atoms with van der Waals surface area (Å²) in [6.45, 7) is 10.3. The molecule has 0 unspecified atom stereocenters. The first-order valence-electron chi connectivity index (χ1n) is 23.0. The number of anilines is 3. The lowest BCUT2D eigenvalue weighted by Crippen LogP contribution is -2.49. The third-order valence-corrected chi connectivity index (χ3v) is 14.3. The topological polar surface area (TPSA) is 236 Å². The number of rotatable bonds is 17. The number of aryl methyl sites for hydroxylation is 1. The Morgan fingerprint density at radius 1 is 0.735 bits per heavy atom. The van der Waals surface area contributed by atoms with Crippen LogP contribution in [-0.4, -0.2) is 157 Å². The van der Waals surface area contributed by atoms with E-state index in [4.69, 9.17) is 20.9 Å². The molecule has 0 bridgehead atoms. The van der Waals surface area contributed by atoms with E-state index < -0.39 is 9.84 Å². The molecule has 2 amide bonds. The Hall–Kier alpha value is -6.61. The smallest absolute Gasteiger partial charge is 0.254 e. The highest BCUT2D eigenvalue weighted by Gasteiger charge is 2.26. The van der Waals surface area contributed by atoms with Gasteiger partial charge in [0.15, 0.2) is 15.6 Å². The van der Waals surface area contributed by atoms with E-state index in [0.29, 0.717) is 125 Å². The monoisotopic (exact) mass is 946 g/mol. The van der Waals surface area contributed by atoms with Crippen LogP contribution in [0.4, 0.5) is 17.7 Å². The number of benzene rings is 2. The summed E-state index contributed by atoms with van der Waals surface area (Å²) in [5.74, 6) is 1.70. The van der Waals surface area contributed by atoms with Crippen molar-refractivity contribution in [1.29, 1.82) is 0 Å². The molecule has 3 aliphatic rings. The molecule has 3 aromatic heterocycles. The summed E-state index contributed by atoms with van der Waals surface area (Å²) in [5, 5.41) is 0. The molecular formula is C48H58N12O7S. The molecule has 3 aliphatic heterocycles. The molecule has 20 heteroatoms. The number of pyridine rings is 1. The van der Waals surface area contributed by atoms with Crippen LogP contribution in [-0.2, 0) is 32.5 Å². The number of nitrogens with two attached hydrogens (primary N) is 2. The zero-order chi connectivity index (χ0) is 47.6. The molecule has 2 saturated heterocycles. The molecular weight excluding hydrogens is 889 g/mol. The molecule has 0 saturated carbocycles. The Bertz CT molecular complexity index is 2660. The fourth-order valence-electron chi connectivity index (χ4n) is 8.43. The van der Waals surface area contributed by atoms with Crippen molar-refractivity contribution in [2.24, 2.45) is 5.73 Å². The molecule has 4 N–H and O–H groups in total. The highest BCUT2D eigenvalue weighted by atomic mass is 32.2. The molecule has 358 valence electrons. The number of fused-ring (bicyclic) bond motifs is 1. The lowest BCUT2D eigenvalue weighted by Gasteiger charge is -2.35. The molecule has 0 atom stereocenters. The van der Waals surface area contributed by atoms with Crippen LogP contribution in [0.5, 0.6) is 5.75 Å². The number of nitrogen functional groups attached to an aromatic ring is 1. The number of nitrogens with zero attached hydrogens (tertiary/aromatic N) is 10. The van der Waals surface area contributed by atoms with Gasteiger partial charge in [0.05, 0.1) is 42.4 Å². The third kappa shape index (κ3) is 11.9. The average molecular weight is 947 g/mol. The van der Waals surface area contributed by atoms with Gasteiger partial charge in [-0.2, -0.15) is 0 Å². The number of hydrogen-bond donors (Lipinski definition) is 2. The number of piperazine rings is 2. The number of carbonyl (C=O) groups excluding carboxylic acids is 3. The van der Waals surface area contributed by atoms with Gasteiger partial charge in [-0.05, 0) is 66.9 Å². The van der Waals surface area contributed by atoms with Crippen molar-refractivity contribution in [3.8, 4) is 16.9 Å². The molecule has 19 nitrogen and oxygen atoms in total. The van der Waals surface area contributed by atoms with Crippen molar-refractivity contribution >= 4 is 45.1 Å². The molecule has 2 aromatic carbocycles. The van der Waals surface area contributed by atoms with E-state index in [0.717, 1.165) is 41.9 Å². The summed E-state index contributed by atoms with van der Waals surface area (Å²) in [7, 11) is -3.74. The van der Waals surface area contributed by atoms with Crippen LogP contribution in [0.1, 0.15) is 56.7 Å². The van der Waals surface area contributed by atoms with Crippen molar-refractivity contribution in [3.63, 3.8) is 0 Å². The molecule has 2 fully saturated rings. The Morgan fingerprint density at radius 2 is 1.43 bits per heavy atom. The van der Waals surface area contributed by atoms with E-state index in [-0.39, 0.29) is 41.1 Å². The summed E-state index contributed by atoms with van der Waals surface area (Å²) in [5.41, 5.74) is 16.2.